The maximum Gasteiger partial charge on any atom is 0.407 e. The SMILES string of the molecule is COc1ccc(CN2Cc3nc(NCCNC(=O)OC(C)(C)C)nc(Nc4cccc(C)c4)c3C2=O)c(O)c1. The molecular formula is C28H34N6O5. The van der Waals surface area contributed by atoms with Crippen LogP contribution in [0.2, 0.25) is 0 Å². The molecule has 2 heterocycles. The maximum absolute atomic E-state index is 13.5. The van der Waals surface area contributed by atoms with Crippen LogP contribution < -0.4 is 20.7 Å². The summed E-state index contributed by atoms with van der Waals surface area (Å²) in [6, 6.07) is 12.7. The van der Waals surface area contributed by atoms with Crippen molar-refractivity contribution in [1.29, 1.82) is 0 Å². The van der Waals surface area contributed by atoms with Gasteiger partial charge < -0.3 is 35.4 Å². The number of anilines is 3. The Labute approximate surface area is 227 Å². The fraction of sp³-hybridized carbons (Fsp3) is 0.357. The van der Waals surface area contributed by atoms with E-state index in [2.05, 4.69) is 25.9 Å². The van der Waals surface area contributed by atoms with Crippen LogP contribution in [0.3, 0.4) is 0 Å². The number of rotatable bonds is 9. The molecule has 11 heteroatoms. The van der Waals surface area contributed by atoms with Crippen LogP contribution in [-0.2, 0) is 17.8 Å². The van der Waals surface area contributed by atoms with Crippen molar-refractivity contribution >= 4 is 29.5 Å². The number of phenolic OH excluding ortho intramolecular Hbond substituents is 1. The van der Waals surface area contributed by atoms with Gasteiger partial charge in [-0.15, -0.1) is 0 Å². The first-order chi connectivity index (χ1) is 18.5. The normalized spacial score (nSPS) is 12.6. The summed E-state index contributed by atoms with van der Waals surface area (Å²) in [5.74, 6) is 1.02. The van der Waals surface area contributed by atoms with Crippen LogP contribution in [0, 0.1) is 6.92 Å². The number of aryl methyl sites for hydroxylation is 1. The molecule has 4 rings (SSSR count). The van der Waals surface area contributed by atoms with Crippen molar-refractivity contribution in [1.82, 2.24) is 20.2 Å². The predicted octanol–water partition coefficient (Wildman–Crippen LogP) is 4.34. The van der Waals surface area contributed by atoms with Crippen LogP contribution in [0.4, 0.5) is 22.2 Å². The molecule has 4 N–H and O–H groups in total. The lowest BCUT2D eigenvalue weighted by atomic mass is 10.1. The lowest BCUT2D eigenvalue weighted by molar-refractivity contribution is 0.0529. The van der Waals surface area contributed by atoms with Crippen molar-refractivity contribution in [2.75, 3.05) is 30.8 Å². The Kier molecular flexibility index (Phi) is 8.08. The van der Waals surface area contributed by atoms with Crippen molar-refractivity contribution in [3.63, 3.8) is 0 Å². The van der Waals surface area contributed by atoms with Gasteiger partial charge in [-0.1, -0.05) is 12.1 Å². The third-order valence-electron chi connectivity index (χ3n) is 5.84. The number of nitrogens with one attached hydrogen (secondary N) is 3. The van der Waals surface area contributed by atoms with Crippen LogP contribution in [0.15, 0.2) is 42.5 Å². The maximum atomic E-state index is 13.5. The summed E-state index contributed by atoms with van der Waals surface area (Å²) in [4.78, 5) is 36.2. The molecule has 1 aliphatic heterocycles. The zero-order valence-electron chi connectivity index (χ0n) is 22.8. The molecule has 0 aliphatic carbocycles. The summed E-state index contributed by atoms with van der Waals surface area (Å²) >= 11 is 0. The highest BCUT2D eigenvalue weighted by atomic mass is 16.6. The van der Waals surface area contributed by atoms with E-state index in [0.717, 1.165) is 11.3 Å². The van der Waals surface area contributed by atoms with Gasteiger partial charge in [0, 0.05) is 30.4 Å². The molecule has 0 bridgehead atoms. The molecule has 0 atom stereocenters. The Hall–Kier alpha value is -4.54. The van der Waals surface area contributed by atoms with Gasteiger partial charge in [0.2, 0.25) is 5.95 Å². The fourth-order valence-electron chi connectivity index (χ4n) is 4.08. The van der Waals surface area contributed by atoms with Crippen molar-refractivity contribution < 1.29 is 24.2 Å². The zero-order chi connectivity index (χ0) is 28.2. The minimum absolute atomic E-state index is 0.0437. The number of benzene rings is 2. The van der Waals surface area contributed by atoms with E-state index in [0.29, 0.717) is 40.9 Å². The molecule has 0 fully saturated rings. The monoisotopic (exact) mass is 534 g/mol. The third kappa shape index (κ3) is 7.07. The van der Waals surface area contributed by atoms with Crippen LogP contribution in [0.1, 0.15) is 48.0 Å². The number of hydrogen-bond donors (Lipinski definition) is 4. The number of ether oxygens (including phenoxy) is 2. The Morgan fingerprint density at radius 3 is 2.62 bits per heavy atom. The first-order valence-corrected chi connectivity index (χ1v) is 12.6. The number of hydrogen-bond acceptors (Lipinski definition) is 9. The van der Waals surface area contributed by atoms with E-state index in [1.54, 1.807) is 37.8 Å². The van der Waals surface area contributed by atoms with Gasteiger partial charge in [0.25, 0.3) is 5.91 Å². The van der Waals surface area contributed by atoms with E-state index in [-0.39, 0.29) is 31.3 Å². The van der Waals surface area contributed by atoms with Gasteiger partial charge in [0.15, 0.2) is 0 Å². The quantitative estimate of drug-likeness (QED) is 0.295. The van der Waals surface area contributed by atoms with E-state index >= 15 is 0 Å². The molecule has 0 radical (unpaired) electrons. The first-order valence-electron chi connectivity index (χ1n) is 12.6. The average molecular weight is 535 g/mol. The zero-order valence-corrected chi connectivity index (χ0v) is 22.8. The van der Waals surface area contributed by atoms with E-state index in [4.69, 9.17) is 9.47 Å². The number of nitrogens with zero attached hydrogens (tertiary/aromatic N) is 3. The molecule has 0 unspecified atom stereocenters. The minimum atomic E-state index is -0.585. The van der Waals surface area contributed by atoms with Crippen molar-refractivity contribution in [3.8, 4) is 11.5 Å². The summed E-state index contributed by atoms with van der Waals surface area (Å²) < 4.78 is 10.4. The Bertz CT molecular complexity index is 1370. The summed E-state index contributed by atoms with van der Waals surface area (Å²) in [7, 11) is 1.52. The molecule has 1 aliphatic rings. The summed E-state index contributed by atoms with van der Waals surface area (Å²) in [6.07, 6.45) is -0.510. The van der Waals surface area contributed by atoms with Crippen LogP contribution >= 0.6 is 0 Å². The van der Waals surface area contributed by atoms with Gasteiger partial charge in [-0.3, -0.25) is 4.79 Å². The number of aromatic nitrogens is 2. The molecule has 0 saturated carbocycles. The lowest BCUT2D eigenvalue weighted by Crippen LogP contribution is -2.35. The van der Waals surface area contributed by atoms with Crippen molar-refractivity contribution in [3.05, 3.63) is 64.8 Å². The first kappa shape index (κ1) is 27.5. The van der Waals surface area contributed by atoms with Crippen LogP contribution in [0.5, 0.6) is 11.5 Å². The largest absolute Gasteiger partial charge is 0.507 e. The summed E-state index contributed by atoms with van der Waals surface area (Å²) in [5, 5.41) is 19.5. The Balaban J connectivity index is 1.53. The van der Waals surface area contributed by atoms with Gasteiger partial charge in [-0.05, 0) is 57.5 Å². The highest BCUT2D eigenvalue weighted by molar-refractivity contribution is 6.03. The number of aromatic hydroxyl groups is 1. The van der Waals surface area contributed by atoms with E-state index in [1.807, 2.05) is 31.2 Å². The molecule has 2 amide bonds. The summed E-state index contributed by atoms with van der Waals surface area (Å²) in [5.41, 5.74) is 2.78. The standard InChI is InChI=1S/C28H34N6O5/c1-17-7-6-8-19(13-17)31-24-23-21(32-26(33-24)29-11-12-30-27(37)39-28(2,3)4)16-34(25(23)36)15-18-9-10-20(38-5)14-22(18)35/h6-10,13-14,35H,11-12,15-16H2,1-5H3,(H,30,37)(H2,29,31,32,33). The number of methoxy groups -OCH3 is 1. The third-order valence-corrected chi connectivity index (χ3v) is 5.84. The number of amides is 2. The molecule has 0 saturated heterocycles. The topological polar surface area (TPSA) is 138 Å². The fourth-order valence-corrected chi connectivity index (χ4v) is 4.08. The number of carbonyl (C=O) groups excluding carboxylic acids is 2. The lowest BCUT2D eigenvalue weighted by Gasteiger charge is -2.19. The average Bonchev–Trinajstić information content (AvgIpc) is 3.17. The van der Waals surface area contributed by atoms with E-state index in [1.165, 1.54) is 13.2 Å². The molecule has 3 aromatic rings. The Morgan fingerprint density at radius 1 is 1.13 bits per heavy atom. The van der Waals surface area contributed by atoms with Crippen LogP contribution in [0.25, 0.3) is 0 Å². The smallest absolute Gasteiger partial charge is 0.407 e. The number of alkyl carbamates (subject to hydrolysis) is 1. The van der Waals surface area contributed by atoms with Gasteiger partial charge >= 0.3 is 6.09 Å². The van der Waals surface area contributed by atoms with E-state index < -0.39 is 11.7 Å². The molecular weight excluding hydrogens is 500 g/mol. The van der Waals surface area contributed by atoms with Gasteiger partial charge in [-0.2, -0.15) is 4.98 Å². The molecule has 0 spiro atoms. The molecule has 2 aromatic carbocycles. The molecule has 11 nitrogen and oxygen atoms in total. The minimum Gasteiger partial charge on any atom is -0.507 e. The van der Waals surface area contributed by atoms with E-state index in [9.17, 15) is 14.7 Å². The predicted molar refractivity (Wildman–Crippen MR) is 147 cm³/mol. The highest BCUT2D eigenvalue weighted by Gasteiger charge is 2.33. The van der Waals surface area contributed by atoms with Crippen molar-refractivity contribution in [2.45, 2.75) is 46.4 Å². The molecule has 206 valence electrons. The van der Waals surface area contributed by atoms with Crippen LogP contribution in [-0.4, -0.2) is 57.8 Å². The number of phenols is 1. The van der Waals surface area contributed by atoms with Crippen molar-refractivity contribution in [2.24, 2.45) is 0 Å². The number of fused-ring (bicyclic) bond motifs is 1. The second-order valence-corrected chi connectivity index (χ2v) is 10.2. The summed E-state index contributed by atoms with van der Waals surface area (Å²) in [6.45, 7) is 8.45. The highest BCUT2D eigenvalue weighted by Crippen LogP contribution is 2.33. The van der Waals surface area contributed by atoms with Gasteiger partial charge in [-0.25, -0.2) is 9.78 Å². The second-order valence-electron chi connectivity index (χ2n) is 10.2. The Morgan fingerprint density at radius 2 is 1.92 bits per heavy atom. The molecule has 1 aromatic heterocycles. The molecule has 39 heavy (non-hydrogen) atoms. The van der Waals surface area contributed by atoms with Gasteiger partial charge in [0.1, 0.15) is 28.5 Å². The number of carbonyl (C=O) groups is 2. The second kappa shape index (κ2) is 11.5. The van der Waals surface area contributed by atoms with Gasteiger partial charge in [0.05, 0.1) is 25.9 Å².